The van der Waals surface area contributed by atoms with Gasteiger partial charge in [-0.05, 0) is 24.3 Å². The molecule has 2 aromatic carbocycles. The lowest BCUT2D eigenvalue weighted by atomic mass is 10.2. The molecule has 0 atom stereocenters. The highest BCUT2D eigenvalue weighted by Crippen LogP contribution is 2.29. The maximum absolute atomic E-state index is 12.3. The normalized spacial score (nSPS) is 10.3. The van der Waals surface area contributed by atoms with Crippen LogP contribution in [0.15, 0.2) is 64.5 Å². The Hall–Kier alpha value is -3.46. The first kappa shape index (κ1) is 21.3. The topological polar surface area (TPSA) is 103 Å². The van der Waals surface area contributed by atoms with Crippen LogP contribution in [-0.4, -0.2) is 35.8 Å². The molecule has 1 aromatic heterocycles. The molecule has 0 saturated heterocycles. The summed E-state index contributed by atoms with van der Waals surface area (Å²) in [6, 6.07) is 15.7. The second-order valence-electron chi connectivity index (χ2n) is 6.05. The summed E-state index contributed by atoms with van der Waals surface area (Å²) in [5, 5.41) is 3.12. The van der Waals surface area contributed by atoms with Gasteiger partial charge >= 0.3 is 0 Å². The molecule has 0 spiro atoms. The quantitative estimate of drug-likeness (QED) is 0.400. The fourth-order valence-electron chi connectivity index (χ4n) is 2.54. The third-order valence-electron chi connectivity index (χ3n) is 3.91. The number of amides is 1. The molecule has 0 radical (unpaired) electrons. The van der Waals surface area contributed by atoms with Gasteiger partial charge < -0.3 is 24.5 Å². The number of nitrogens with one attached hydrogen (secondary N) is 2. The summed E-state index contributed by atoms with van der Waals surface area (Å²) in [6.07, 6.45) is 0. The molecule has 8 nitrogen and oxygen atoms in total. The first-order chi connectivity index (χ1) is 14.6. The lowest BCUT2D eigenvalue weighted by molar-refractivity contribution is -0.113. The summed E-state index contributed by atoms with van der Waals surface area (Å²) in [5.74, 6) is 1.59. The molecule has 9 heteroatoms. The van der Waals surface area contributed by atoms with Crippen molar-refractivity contribution in [1.29, 1.82) is 0 Å². The Labute approximate surface area is 177 Å². The van der Waals surface area contributed by atoms with E-state index in [2.05, 4.69) is 15.3 Å². The lowest BCUT2D eigenvalue weighted by Gasteiger charge is -2.10. The first-order valence-electron chi connectivity index (χ1n) is 9.00. The van der Waals surface area contributed by atoms with Gasteiger partial charge in [0.1, 0.15) is 12.4 Å². The minimum Gasteiger partial charge on any atom is -0.493 e. The molecule has 0 aliphatic heterocycles. The highest BCUT2D eigenvalue weighted by molar-refractivity contribution is 7.99. The molecule has 156 valence electrons. The molecule has 0 fully saturated rings. The fraction of sp³-hybridized carbons (Fsp3) is 0.190. The van der Waals surface area contributed by atoms with Crippen molar-refractivity contribution in [1.82, 2.24) is 9.97 Å². The van der Waals surface area contributed by atoms with E-state index in [0.717, 1.165) is 11.8 Å². The van der Waals surface area contributed by atoms with Crippen molar-refractivity contribution in [3.63, 3.8) is 0 Å². The molecule has 0 aliphatic rings. The number of para-hydroxylation sites is 1. The fourth-order valence-corrected chi connectivity index (χ4v) is 3.24. The molecular formula is C21H21N3O5S. The number of methoxy groups -OCH3 is 2. The summed E-state index contributed by atoms with van der Waals surface area (Å²) in [5.41, 5.74) is 0.745. The number of ether oxygens (including phenoxy) is 3. The number of carbonyl (C=O) groups is 1. The number of hydrogen-bond acceptors (Lipinski definition) is 7. The number of aromatic nitrogens is 2. The Balaban J connectivity index is 1.58. The molecule has 3 aromatic rings. The summed E-state index contributed by atoms with van der Waals surface area (Å²) >= 11 is 1.13. The van der Waals surface area contributed by atoms with Crippen LogP contribution in [0.25, 0.3) is 0 Å². The number of rotatable bonds is 9. The van der Waals surface area contributed by atoms with Gasteiger partial charge in [-0.1, -0.05) is 30.0 Å². The van der Waals surface area contributed by atoms with E-state index in [1.165, 1.54) is 13.2 Å². The van der Waals surface area contributed by atoms with Gasteiger partial charge in [-0.25, -0.2) is 4.98 Å². The van der Waals surface area contributed by atoms with Crippen molar-refractivity contribution < 1.29 is 19.0 Å². The Morgan fingerprint density at radius 2 is 1.83 bits per heavy atom. The highest BCUT2D eigenvalue weighted by atomic mass is 32.2. The highest BCUT2D eigenvalue weighted by Gasteiger charge is 2.10. The van der Waals surface area contributed by atoms with Crippen LogP contribution in [0.1, 0.15) is 5.69 Å². The minimum absolute atomic E-state index is 0.0697. The lowest BCUT2D eigenvalue weighted by Crippen LogP contribution is -2.16. The average molecular weight is 427 g/mol. The van der Waals surface area contributed by atoms with Crippen molar-refractivity contribution in [3.05, 3.63) is 70.6 Å². The van der Waals surface area contributed by atoms with Crippen molar-refractivity contribution in [2.45, 2.75) is 11.8 Å². The zero-order valence-electron chi connectivity index (χ0n) is 16.5. The van der Waals surface area contributed by atoms with Gasteiger partial charge in [-0.2, -0.15) is 0 Å². The van der Waals surface area contributed by atoms with Crippen LogP contribution >= 0.6 is 11.8 Å². The smallest absolute Gasteiger partial charge is 0.251 e. The molecular weight excluding hydrogens is 406 g/mol. The van der Waals surface area contributed by atoms with E-state index in [1.807, 2.05) is 30.3 Å². The monoisotopic (exact) mass is 427 g/mol. The van der Waals surface area contributed by atoms with Gasteiger partial charge in [-0.15, -0.1) is 0 Å². The SMILES string of the molecule is COc1ccc(NC(=O)CSc2nc(COc3ccccc3)cc(=O)[nH]2)cc1OC. The maximum Gasteiger partial charge on any atom is 0.251 e. The molecule has 0 aliphatic carbocycles. The van der Waals surface area contributed by atoms with Crippen LogP contribution in [0.3, 0.4) is 0 Å². The van der Waals surface area contributed by atoms with Crippen LogP contribution in [0.2, 0.25) is 0 Å². The van der Waals surface area contributed by atoms with Crippen LogP contribution in [0.5, 0.6) is 17.2 Å². The number of H-pyrrole nitrogens is 1. The number of benzene rings is 2. The summed E-state index contributed by atoms with van der Waals surface area (Å²) in [7, 11) is 3.06. The van der Waals surface area contributed by atoms with Gasteiger partial charge in [-0.3, -0.25) is 9.59 Å². The van der Waals surface area contributed by atoms with Gasteiger partial charge in [0.25, 0.3) is 5.56 Å². The second kappa shape index (κ2) is 10.4. The van der Waals surface area contributed by atoms with E-state index in [0.29, 0.717) is 33.8 Å². The molecule has 1 amide bonds. The number of thioether (sulfide) groups is 1. The zero-order chi connectivity index (χ0) is 21.3. The first-order valence-corrected chi connectivity index (χ1v) is 9.98. The standard InChI is InChI=1S/C21H21N3O5S/c1-27-17-9-8-14(10-18(17)28-2)22-20(26)13-30-21-23-15(11-19(25)24-21)12-29-16-6-4-3-5-7-16/h3-11H,12-13H2,1-2H3,(H,22,26)(H,23,24,25). The molecule has 0 saturated carbocycles. The van der Waals surface area contributed by atoms with Crippen molar-refractivity contribution >= 4 is 23.4 Å². The Morgan fingerprint density at radius 1 is 1.07 bits per heavy atom. The number of carbonyl (C=O) groups excluding carboxylic acids is 1. The van der Waals surface area contributed by atoms with Crippen LogP contribution < -0.4 is 25.1 Å². The van der Waals surface area contributed by atoms with Gasteiger partial charge in [0.15, 0.2) is 16.7 Å². The van der Waals surface area contributed by atoms with Gasteiger partial charge in [0.05, 0.1) is 25.7 Å². The van der Waals surface area contributed by atoms with E-state index in [4.69, 9.17) is 14.2 Å². The van der Waals surface area contributed by atoms with E-state index in [1.54, 1.807) is 25.3 Å². The number of nitrogens with zero attached hydrogens (tertiary/aromatic N) is 1. The van der Waals surface area contributed by atoms with E-state index < -0.39 is 0 Å². The molecule has 0 unspecified atom stereocenters. The summed E-state index contributed by atoms with van der Waals surface area (Å²) < 4.78 is 16.0. The van der Waals surface area contributed by atoms with Crippen molar-refractivity contribution in [2.75, 3.05) is 25.3 Å². The second-order valence-corrected chi connectivity index (χ2v) is 7.01. The average Bonchev–Trinajstić information content (AvgIpc) is 2.76. The maximum atomic E-state index is 12.3. The Bertz CT molecular complexity index is 1060. The van der Waals surface area contributed by atoms with E-state index in [-0.39, 0.29) is 23.8 Å². The molecule has 0 bridgehead atoms. The molecule has 3 rings (SSSR count). The number of anilines is 1. The number of hydrogen-bond donors (Lipinski definition) is 2. The Morgan fingerprint density at radius 3 is 2.57 bits per heavy atom. The van der Waals surface area contributed by atoms with E-state index in [9.17, 15) is 9.59 Å². The minimum atomic E-state index is -0.306. The van der Waals surface area contributed by atoms with Crippen LogP contribution in [-0.2, 0) is 11.4 Å². The summed E-state index contributed by atoms with van der Waals surface area (Å²) in [4.78, 5) is 31.1. The predicted molar refractivity (Wildman–Crippen MR) is 115 cm³/mol. The van der Waals surface area contributed by atoms with Gasteiger partial charge in [0, 0.05) is 17.8 Å². The van der Waals surface area contributed by atoms with Gasteiger partial charge in [0.2, 0.25) is 5.91 Å². The largest absolute Gasteiger partial charge is 0.493 e. The van der Waals surface area contributed by atoms with E-state index >= 15 is 0 Å². The third-order valence-corrected chi connectivity index (χ3v) is 4.78. The van der Waals surface area contributed by atoms with Crippen molar-refractivity contribution in [3.8, 4) is 17.2 Å². The number of aromatic amines is 1. The molecule has 2 N–H and O–H groups in total. The van der Waals surface area contributed by atoms with Crippen LogP contribution in [0.4, 0.5) is 5.69 Å². The van der Waals surface area contributed by atoms with Crippen LogP contribution in [0, 0.1) is 0 Å². The third kappa shape index (κ3) is 6.02. The zero-order valence-corrected chi connectivity index (χ0v) is 17.3. The summed E-state index contributed by atoms with van der Waals surface area (Å²) in [6.45, 7) is 0.152. The molecule has 30 heavy (non-hydrogen) atoms. The van der Waals surface area contributed by atoms with Crippen molar-refractivity contribution in [2.24, 2.45) is 0 Å². The predicted octanol–water partition coefficient (Wildman–Crippen LogP) is 3.10. The Kier molecular flexibility index (Phi) is 7.34. The molecule has 1 heterocycles.